The number of rotatable bonds is 8. The van der Waals surface area contributed by atoms with Gasteiger partial charge in [-0.05, 0) is 25.5 Å². The van der Waals surface area contributed by atoms with E-state index in [4.69, 9.17) is 13.7 Å². The highest BCUT2D eigenvalue weighted by molar-refractivity contribution is 5.97. The van der Waals surface area contributed by atoms with Gasteiger partial charge in [0.2, 0.25) is 5.91 Å². The van der Waals surface area contributed by atoms with Crippen molar-refractivity contribution in [1.82, 2.24) is 15.0 Å². The maximum atomic E-state index is 12.7. The molecule has 2 aromatic rings. The zero-order chi connectivity index (χ0) is 19.1. The van der Waals surface area contributed by atoms with Crippen molar-refractivity contribution in [2.75, 3.05) is 51.3 Å². The van der Waals surface area contributed by atoms with E-state index in [-0.39, 0.29) is 24.1 Å². The minimum Gasteiger partial charge on any atom is -0.459 e. The lowest BCUT2D eigenvalue weighted by Gasteiger charge is -2.28. The van der Waals surface area contributed by atoms with Gasteiger partial charge in [0.1, 0.15) is 12.3 Å². The van der Waals surface area contributed by atoms with E-state index in [1.54, 1.807) is 25.1 Å². The van der Waals surface area contributed by atoms with Crippen LogP contribution >= 0.6 is 0 Å². The van der Waals surface area contributed by atoms with E-state index in [9.17, 15) is 9.59 Å². The fourth-order valence-electron chi connectivity index (χ4n) is 2.90. The van der Waals surface area contributed by atoms with Crippen molar-refractivity contribution in [3.63, 3.8) is 0 Å². The number of aryl methyl sites for hydroxylation is 1. The molecule has 2 aromatic heterocycles. The predicted octanol–water partition coefficient (Wildman–Crippen LogP) is 1.38. The molecule has 0 radical (unpaired) electrons. The summed E-state index contributed by atoms with van der Waals surface area (Å²) in [6.07, 6.45) is 2.19. The monoisotopic (exact) mass is 376 g/mol. The second-order valence-corrected chi connectivity index (χ2v) is 6.38. The minimum absolute atomic E-state index is 0.0887. The standard InChI is InChI=1S/C18H24N4O5/c1-14-12-16(20-27-14)19-17(23)13-22(18(24)15-4-2-9-26-15)6-3-5-21-7-10-25-11-8-21/h2,4,9,12H,3,5-8,10-11,13H2,1H3,(H,19,20,23). The molecular formula is C18H24N4O5. The molecule has 1 saturated heterocycles. The molecular weight excluding hydrogens is 352 g/mol. The van der Waals surface area contributed by atoms with Crippen LogP contribution in [0.3, 0.4) is 0 Å². The zero-order valence-electron chi connectivity index (χ0n) is 15.3. The molecule has 0 bridgehead atoms. The number of anilines is 1. The highest BCUT2D eigenvalue weighted by Gasteiger charge is 2.22. The van der Waals surface area contributed by atoms with E-state index in [0.717, 1.165) is 39.3 Å². The summed E-state index contributed by atoms with van der Waals surface area (Å²) in [5, 5.41) is 6.37. The molecule has 0 aliphatic carbocycles. The number of morpholine rings is 1. The second kappa shape index (κ2) is 9.33. The van der Waals surface area contributed by atoms with Crippen LogP contribution in [0, 0.1) is 6.92 Å². The smallest absolute Gasteiger partial charge is 0.290 e. The molecule has 9 nitrogen and oxygen atoms in total. The lowest BCUT2D eigenvalue weighted by atomic mass is 10.3. The third-order valence-electron chi connectivity index (χ3n) is 4.26. The average molecular weight is 376 g/mol. The molecule has 1 aliphatic heterocycles. The van der Waals surface area contributed by atoms with E-state index >= 15 is 0 Å². The van der Waals surface area contributed by atoms with Crippen molar-refractivity contribution >= 4 is 17.6 Å². The summed E-state index contributed by atoms with van der Waals surface area (Å²) in [6, 6.07) is 4.86. The summed E-state index contributed by atoms with van der Waals surface area (Å²) < 4.78 is 15.5. The number of ether oxygens (including phenoxy) is 1. The van der Waals surface area contributed by atoms with Crippen LogP contribution in [0.2, 0.25) is 0 Å². The van der Waals surface area contributed by atoms with Gasteiger partial charge in [-0.2, -0.15) is 0 Å². The second-order valence-electron chi connectivity index (χ2n) is 6.38. The van der Waals surface area contributed by atoms with E-state index in [1.165, 1.54) is 11.2 Å². The van der Waals surface area contributed by atoms with Gasteiger partial charge in [-0.1, -0.05) is 5.16 Å². The molecule has 0 aromatic carbocycles. The Kier molecular flexibility index (Phi) is 6.61. The molecule has 9 heteroatoms. The first-order valence-corrected chi connectivity index (χ1v) is 8.98. The fourth-order valence-corrected chi connectivity index (χ4v) is 2.90. The minimum atomic E-state index is -0.338. The van der Waals surface area contributed by atoms with Crippen LogP contribution in [-0.2, 0) is 9.53 Å². The summed E-state index contributed by atoms with van der Waals surface area (Å²) in [5.41, 5.74) is 0. The van der Waals surface area contributed by atoms with Gasteiger partial charge >= 0.3 is 0 Å². The predicted molar refractivity (Wildman–Crippen MR) is 96.4 cm³/mol. The Hall–Kier alpha value is -2.65. The van der Waals surface area contributed by atoms with Gasteiger partial charge in [0.05, 0.1) is 19.5 Å². The zero-order valence-corrected chi connectivity index (χ0v) is 15.3. The molecule has 146 valence electrons. The Morgan fingerprint density at radius 1 is 1.33 bits per heavy atom. The van der Waals surface area contributed by atoms with Crippen molar-refractivity contribution in [2.45, 2.75) is 13.3 Å². The molecule has 2 amide bonds. The van der Waals surface area contributed by atoms with Crippen molar-refractivity contribution in [3.05, 3.63) is 36.0 Å². The molecule has 3 heterocycles. The Balaban J connectivity index is 1.56. The van der Waals surface area contributed by atoms with Gasteiger partial charge in [-0.25, -0.2) is 0 Å². The van der Waals surface area contributed by atoms with E-state index in [0.29, 0.717) is 18.1 Å². The summed E-state index contributed by atoms with van der Waals surface area (Å²) in [4.78, 5) is 28.8. The molecule has 0 saturated carbocycles. The van der Waals surface area contributed by atoms with E-state index in [2.05, 4.69) is 15.4 Å². The molecule has 3 rings (SSSR count). The van der Waals surface area contributed by atoms with Crippen LogP contribution in [0.4, 0.5) is 5.82 Å². The van der Waals surface area contributed by atoms with Gasteiger partial charge in [-0.3, -0.25) is 14.5 Å². The number of aromatic nitrogens is 1. The summed E-state index contributed by atoms with van der Waals surface area (Å²) >= 11 is 0. The summed E-state index contributed by atoms with van der Waals surface area (Å²) in [6.45, 7) is 6.17. The van der Waals surface area contributed by atoms with E-state index in [1.807, 2.05) is 0 Å². The Labute approximate surface area is 157 Å². The van der Waals surface area contributed by atoms with Crippen LogP contribution in [-0.4, -0.2) is 72.7 Å². The third kappa shape index (κ3) is 5.66. The first kappa shape index (κ1) is 19.1. The van der Waals surface area contributed by atoms with Crippen LogP contribution < -0.4 is 5.32 Å². The number of carbonyl (C=O) groups is 2. The van der Waals surface area contributed by atoms with Crippen LogP contribution in [0.25, 0.3) is 0 Å². The Bertz CT molecular complexity index is 737. The first-order valence-electron chi connectivity index (χ1n) is 8.98. The number of amides is 2. The molecule has 1 N–H and O–H groups in total. The summed E-state index contributed by atoms with van der Waals surface area (Å²) in [7, 11) is 0. The molecule has 1 fully saturated rings. The van der Waals surface area contributed by atoms with Gasteiger partial charge in [0.15, 0.2) is 11.6 Å². The quantitative estimate of drug-likeness (QED) is 0.743. The Morgan fingerprint density at radius 3 is 2.81 bits per heavy atom. The van der Waals surface area contributed by atoms with Crippen LogP contribution in [0.15, 0.2) is 33.4 Å². The maximum absolute atomic E-state index is 12.7. The average Bonchev–Trinajstić information content (AvgIpc) is 3.33. The van der Waals surface area contributed by atoms with Gasteiger partial charge < -0.3 is 23.9 Å². The number of hydrogen-bond acceptors (Lipinski definition) is 7. The number of nitrogens with one attached hydrogen (secondary N) is 1. The number of furan rings is 1. The maximum Gasteiger partial charge on any atom is 0.290 e. The number of nitrogens with zero attached hydrogens (tertiary/aromatic N) is 3. The summed E-state index contributed by atoms with van der Waals surface area (Å²) in [5.74, 6) is 0.491. The lowest BCUT2D eigenvalue weighted by Crippen LogP contribution is -2.41. The van der Waals surface area contributed by atoms with Gasteiger partial charge in [0, 0.05) is 32.2 Å². The molecule has 0 unspecified atom stereocenters. The number of carbonyl (C=O) groups excluding carboxylic acids is 2. The largest absolute Gasteiger partial charge is 0.459 e. The van der Waals surface area contributed by atoms with Crippen molar-refractivity contribution in [3.8, 4) is 0 Å². The topological polar surface area (TPSA) is 101 Å². The molecule has 0 spiro atoms. The van der Waals surface area contributed by atoms with Gasteiger partial charge in [0.25, 0.3) is 5.91 Å². The Morgan fingerprint density at radius 2 is 2.15 bits per heavy atom. The van der Waals surface area contributed by atoms with Gasteiger partial charge in [-0.15, -0.1) is 0 Å². The molecule has 27 heavy (non-hydrogen) atoms. The lowest BCUT2D eigenvalue weighted by molar-refractivity contribution is -0.117. The highest BCUT2D eigenvalue weighted by Crippen LogP contribution is 2.10. The third-order valence-corrected chi connectivity index (χ3v) is 4.26. The number of hydrogen-bond donors (Lipinski definition) is 1. The van der Waals surface area contributed by atoms with Crippen molar-refractivity contribution < 1.29 is 23.3 Å². The first-order chi connectivity index (χ1) is 13.1. The van der Waals surface area contributed by atoms with E-state index < -0.39 is 0 Å². The van der Waals surface area contributed by atoms with Crippen LogP contribution in [0.5, 0.6) is 0 Å². The highest BCUT2D eigenvalue weighted by atomic mass is 16.5. The van der Waals surface area contributed by atoms with Crippen molar-refractivity contribution in [2.24, 2.45) is 0 Å². The fraction of sp³-hybridized carbons (Fsp3) is 0.500. The van der Waals surface area contributed by atoms with Crippen LogP contribution in [0.1, 0.15) is 22.7 Å². The normalized spacial score (nSPS) is 14.9. The van der Waals surface area contributed by atoms with Crippen molar-refractivity contribution in [1.29, 1.82) is 0 Å². The molecule has 0 atom stereocenters. The molecule has 1 aliphatic rings. The SMILES string of the molecule is Cc1cc(NC(=O)CN(CCCN2CCOCC2)C(=O)c2ccco2)no1.